The maximum absolute atomic E-state index is 13.2. The average molecular weight is 527 g/mol. The number of guanidine groups is 1. The van der Waals surface area contributed by atoms with Gasteiger partial charge in [-0.25, -0.2) is 14.4 Å². The van der Waals surface area contributed by atoms with Gasteiger partial charge in [0, 0.05) is 56.0 Å². The van der Waals surface area contributed by atoms with E-state index in [0.717, 1.165) is 23.5 Å². The van der Waals surface area contributed by atoms with E-state index in [4.69, 9.17) is 4.74 Å². The molecule has 0 aliphatic rings. The lowest BCUT2D eigenvalue weighted by atomic mass is 10.3. The van der Waals surface area contributed by atoms with E-state index in [9.17, 15) is 4.39 Å². The van der Waals surface area contributed by atoms with Crippen LogP contribution in [0.1, 0.15) is 15.4 Å². The molecule has 0 spiro atoms. The summed E-state index contributed by atoms with van der Waals surface area (Å²) in [7, 11) is 1.73. The summed E-state index contributed by atoms with van der Waals surface area (Å²) in [6.45, 7) is 3.38. The van der Waals surface area contributed by atoms with Crippen LogP contribution in [0.15, 0.2) is 53.8 Å². The first kappa shape index (κ1) is 23.0. The van der Waals surface area contributed by atoms with Crippen molar-refractivity contribution in [2.45, 2.75) is 19.9 Å². The highest BCUT2D eigenvalue weighted by Gasteiger charge is 2.03. The van der Waals surface area contributed by atoms with E-state index in [1.54, 1.807) is 42.8 Å². The molecule has 0 bridgehead atoms. The van der Waals surface area contributed by atoms with Gasteiger partial charge in [-0.2, -0.15) is 0 Å². The predicted octanol–water partition coefficient (Wildman–Crippen LogP) is 4.30. The molecule has 3 rings (SSSR count). The van der Waals surface area contributed by atoms with Crippen LogP contribution in [0, 0.1) is 12.7 Å². The van der Waals surface area contributed by atoms with Crippen molar-refractivity contribution < 1.29 is 9.13 Å². The monoisotopic (exact) mass is 527 g/mol. The molecule has 0 fully saturated rings. The predicted molar refractivity (Wildman–Crippen MR) is 125 cm³/mol. The molecule has 0 unspecified atom stereocenters. The number of ether oxygens (including phenoxy) is 1. The number of thiazole rings is 1. The number of aryl methyl sites for hydroxylation is 1. The van der Waals surface area contributed by atoms with Crippen LogP contribution in [0.5, 0.6) is 11.6 Å². The smallest absolute Gasteiger partial charge is 0.219 e. The van der Waals surface area contributed by atoms with Crippen molar-refractivity contribution in [3.8, 4) is 11.6 Å². The molecular weight excluding hydrogens is 504 g/mol. The first-order valence-electron chi connectivity index (χ1n) is 8.86. The van der Waals surface area contributed by atoms with Gasteiger partial charge in [0.2, 0.25) is 5.88 Å². The molecule has 0 atom stereocenters. The summed E-state index contributed by atoms with van der Waals surface area (Å²) in [6, 6.07) is 9.62. The van der Waals surface area contributed by atoms with Gasteiger partial charge in [-0.15, -0.1) is 35.3 Å². The van der Waals surface area contributed by atoms with Crippen LogP contribution < -0.4 is 15.4 Å². The van der Waals surface area contributed by atoms with E-state index in [1.807, 2.05) is 12.3 Å². The number of nitrogens with one attached hydrogen (secondary N) is 2. The normalized spacial score (nSPS) is 10.9. The number of hydrogen-bond acceptors (Lipinski definition) is 5. The molecule has 0 saturated heterocycles. The number of rotatable bonds is 7. The number of aromatic nitrogens is 2. The lowest BCUT2D eigenvalue weighted by Gasteiger charge is -2.11. The van der Waals surface area contributed by atoms with Crippen molar-refractivity contribution in [2.24, 2.45) is 4.99 Å². The van der Waals surface area contributed by atoms with Gasteiger partial charge in [-0.05, 0) is 24.6 Å². The zero-order valence-corrected chi connectivity index (χ0v) is 19.3. The maximum atomic E-state index is 13.2. The molecule has 154 valence electrons. The van der Waals surface area contributed by atoms with Gasteiger partial charge in [0.1, 0.15) is 11.6 Å². The van der Waals surface area contributed by atoms with Crippen LogP contribution >= 0.6 is 35.3 Å². The second-order valence-corrected chi connectivity index (χ2v) is 7.35. The van der Waals surface area contributed by atoms with Crippen molar-refractivity contribution in [2.75, 3.05) is 13.6 Å². The zero-order valence-electron chi connectivity index (χ0n) is 16.2. The topological polar surface area (TPSA) is 71.4 Å². The van der Waals surface area contributed by atoms with Gasteiger partial charge >= 0.3 is 0 Å². The van der Waals surface area contributed by atoms with Crippen molar-refractivity contribution in [3.63, 3.8) is 0 Å². The van der Waals surface area contributed by atoms with Crippen molar-refractivity contribution >= 4 is 41.3 Å². The Labute approximate surface area is 190 Å². The van der Waals surface area contributed by atoms with E-state index in [2.05, 4.69) is 32.5 Å². The zero-order chi connectivity index (χ0) is 19.8. The number of nitrogens with zero attached hydrogens (tertiary/aromatic N) is 3. The molecule has 0 saturated carbocycles. The van der Waals surface area contributed by atoms with Gasteiger partial charge in [-0.3, -0.25) is 4.99 Å². The summed E-state index contributed by atoms with van der Waals surface area (Å²) in [6.07, 6.45) is 4.46. The molecule has 6 nitrogen and oxygen atoms in total. The molecule has 3 aromatic rings. The number of hydrogen-bond donors (Lipinski definition) is 2. The Hall–Kier alpha value is -2.27. The summed E-state index contributed by atoms with van der Waals surface area (Å²) >= 11 is 1.71. The average Bonchev–Trinajstić information content (AvgIpc) is 3.11. The minimum absolute atomic E-state index is 0. The molecule has 0 radical (unpaired) electrons. The van der Waals surface area contributed by atoms with Crippen LogP contribution in [-0.4, -0.2) is 29.5 Å². The summed E-state index contributed by atoms with van der Waals surface area (Å²) in [5.74, 6) is 1.20. The van der Waals surface area contributed by atoms with Crippen molar-refractivity contribution in [1.82, 2.24) is 20.6 Å². The summed E-state index contributed by atoms with van der Waals surface area (Å²) < 4.78 is 18.7. The van der Waals surface area contributed by atoms with E-state index < -0.39 is 0 Å². The Balaban J connectivity index is 0.00000300. The lowest BCUT2D eigenvalue weighted by molar-refractivity contribution is 0.457. The number of aliphatic imine (C=N–C) groups is 1. The van der Waals surface area contributed by atoms with Crippen LogP contribution in [-0.2, 0) is 13.0 Å². The van der Waals surface area contributed by atoms with E-state index in [1.165, 1.54) is 17.0 Å². The maximum Gasteiger partial charge on any atom is 0.219 e. The molecule has 9 heteroatoms. The summed E-state index contributed by atoms with van der Waals surface area (Å²) in [5.41, 5.74) is 0.977. The van der Waals surface area contributed by atoms with Gasteiger partial charge in [0.15, 0.2) is 5.96 Å². The minimum Gasteiger partial charge on any atom is -0.439 e. The molecular formula is C20H23FIN5OS. The van der Waals surface area contributed by atoms with E-state index in [0.29, 0.717) is 24.1 Å². The highest BCUT2D eigenvalue weighted by atomic mass is 127. The molecule has 2 aromatic heterocycles. The Kier molecular flexibility index (Phi) is 9.26. The molecule has 2 heterocycles. The van der Waals surface area contributed by atoms with Crippen LogP contribution in [0.25, 0.3) is 0 Å². The number of benzene rings is 1. The summed E-state index contributed by atoms with van der Waals surface area (Å²) in [5, 5.41) is 7.63. The second-order valence-electron chi connectivity index (χ2n) is 6.03. The minimum atomic E-state index is -0.345. The Morgan fingerprint density at radius 1 is 1.17 bits per heavy atom. The van der Waals surface area contributed by atoms with Crippen LogP contribution in [0.2, 0.25) is 0 Å². The first-order valence-corrected chi connectivity index (χ1v) is 9.68. The number of halogens is 2. The molecule has 1 aromatic carbocycles. The Morgan fingerprint density at radius 3 is 2.69 bits per heavy atom. The van der Waals surface area contributed by atoms with Crippen molar-refractivity contribution in [1.29, 1.82) is 0 Å². The third kappa shape index (κ3) is 7.58. The van der Waals surface area contributed by atoms with Crippen LogP contribution in [0.4, 0.5) is 4.39 Å². The Morgan fingerprint density at radius 2 is 2.03 bits per heavy atom. The number of pyridine rings is 1. The summed E-state index contributed by atoms with van der Waals surface area (Å²) in [4.78, 5) is 14.0. The highest BCUT2D eigenvalue weighted by Crippen LogP contribution is 2.20. The lowest BCUT2D eigenvalue weighted by Crippen LogP contribution is -2.37. The van der Waals surface area contributed by atoms with Crippen LogP contribution in [0.3, 0.4) is 0 Å². The standard InChI is InChI=1S/C20H22FN5OS.HI/c1-14-11-25-19(28-14)8-9-23-20(22-2)26-13-15-6-7-18(24-12-15)27-17-5-3-4-16(21)10-17;/h3-7,10-12H,8-9,13H2,1-2H3,(H2,22,23,26);1H. The molecule has 0 aliphatic carbocycles. The van der Waals surface area contributed by atoms with E-state index >= 15 is 0 Å². The highest BCUT2D eigenvalue weighted by molar-refractivity contribution is 14.0. The SMILES string of the molecule is CN=C(NCCc1ncc(C)s1)NCc1ccc(Oc2cccc(F)c2)nc1.I. The fourth-order valence-electron chi connectivity index (χ4n) is 2.44. The molecule has 2 N–H and O–H groups in total. The fourth-order valence-corrected chi connectivity index (χ4v) is 3.22. The van der Waals surface area contributed by atoms with E-state index in [-0.39, 0.29) is 29.8 Å². The largest absolute Gasteiger partial charge is 0.439 e. The van der Waals surface area contributed by atoms with Gasteiger partial charge in [0.25, 0.3) is 0 Å². The van der Waals surface area contributed by atoms with Crippen molar-refractivity contribution in [3.05, 3.63) is 70.1 Å². The van der Waals surface area contributed by atoms with Gasteiger partial charge < -0.3 is 15.4 Å². The van der Waals surface area contributed by atoms with Gasteiger partial charge in [0.05, 0.1) is 5.01 Å². The molecule has 29 heavy (non-hydrogen) atoms. The third-order valence-electron chi connectivity index (χ3n) is 3.80. The first-order chi connectivity index (χ1) is 13.6. The Bertz CT molecular complexity index is 933. The quantitative estimate of drug-likeness (QED) is 0.273. The third-order valence-corrected chi connectivity index (χ3v) is 4.77. The second kappa shape index (κ2) is 11.7. The molecule has 0 aliphatic heterocycles. The van der Waals surface area contributed by atoms with Gasteiger partial charge in [-0.1, -0.05) is 12.1 Å². The molecule has 0 amide bonds. The fraction of sp³-hybridized carbons (Fsp3) is 0.250.